The van der Waals surface area contributed by atoms with E-state index < -0.39 is 0 Å². The number of amides is 1. The molecule has 0 aliphatic carbocycles. The predicted molar refractivity (Wildman–Crippen MR) is 107 cm³/mol. The van der Waals surface area contributed by atoms with Crippen LogP contribution in [0, 0.1) is 0 Å². The third kappa shape index (κ3) is 3.89. The van der Waals surface area contributed by atoms with Crippen molar-refractivity contribution in [1.29, 1.82) is 0 Å². The number of aliphatic imine (C=N–C) groups is 1. The first kappa shape index (κ1) is 18.2. The van der Waals surface area contributed by atoms with E-state index in [1.807, 2.05) is 52.2 Å². The number of ether oxygens (including phenoxy) is 2. The van der Waals surface area contributed by atoms with Gasteiger partial charge in [-0.1, -0.05) is 18.2 Å². The Balaban J connectivity index is 1.58. The van der Waals surface area contributed by atoms with Crippen LogP contribution in [0.5, 0.6) is 5.88 Å². The summed E-state index contributed by atoms with van der Waals surface area (Å²) in [6.07, 6.45) is 5.45. The molecule has 2 aromatic heterocycles. The lowest BCUT2D eigenvalue weighted by Gasteiger charge is -2.27. The smallest absolute Gasteiger partial charge is 0.242 e. The maximum Gasteiger partial charge on any atom is 0.242 e. The number of pyridine rings is 1. The maximum atomic E-state index is 12.7. The fourth-order valence-electron chi connectivity index (χ4n) is 3.28. The van der Waals surface area contributed by atoms with Crippen LogP contribution in [0.25, 0.3) is 10.9 Å². The molecule has 1 fully saturated rings. The van der Waals surface area contributed by atoms with Crippen LogP contribution in [0.3, 0.4) is 0 Å². The zero-order valence-electron chi connectivity index (χ0n) is 15.7. The highest BCUT2D eigenvalue weighted by Gasteiger charge is 2.18. The minimum atomic E-state index is 0.104. The highest BCUT2D eigenvalue weighted by Crippen LogP contribution is 2.22. The van der Waals surface area contributed by atoms with Crippen molar-refractivity contribution < 1.29 is 14.3 Å². The third-order valence-corrected chi connectivity index (χ3v) is 4.77. The zero-order chi connectivity index (χ0) is 19.3. The number of carbonyl (C=O) groups is 1. The molecule has 0 spiro atoms. The summed E-state index contributed by atoms with van der Waals surface area (Å²) in [5.74, 6) is 0.657. The first-order valence-corrected chi connectivity index (χ1v) is 9.22. The molecule has 1 saturated heterocycles. The average molecular weight is 378 g/mol. The maximum absolute atomic E-state index is 12.7. The molecule has 3 heterocycles. The van der Waals surface area contributed by atoms with E-state index in [1.165, 1.54) is 0 Å². The van der Waals surface area contributed by atoms with Gasteiger partial charge < -0.3 is 18.9 Å². The molecule has 3 aromatic rings. The number of hydrogen-bond donors (Lipinski definition) is 0. The molecule has 7 heteroatoms. The van der Waals surface area contributed by atoms with E-state index in [1.54, 1.807) is 19.4 Å². The Labute approximate surface area is 163 Å². The highest BCUT2D eigenvalue weighted by molar-refractivity contribution is 6.00. The van der Waals surface area contributed by atoms with Crippen molar-refractivity contribution in [3.05, 3.63) is 54.4 Å². The predicted octanol–water partition coefficient (Wildman–Crippen LogP) is 2.65. The van der Waals surface area contributed by atoms with Gasteiger partial charge in [0.2, 0.25) is 11.8 Å². The Kier molecular flexibility index (Phi) is 5.34. The molecule has 28 heavy (non-hydrogen) atoms. The van der Waals surface area contributed by atoms with E-state index in [2.05, 4.69) is 9.98 Å². The molecule has 7 nitrogen and oxygen atoms in total. The lowest BCUT2D eigenvalue weighted by Crippen LogP contribution is -2.42. The minimum absolute atomic E-state index is 0.104. The van der Waals surface area contributed by atoms with Crippen LogP contribution in [-0.2, 0) is 16.1 Å². The number of nitrogens with zero attached hydrogens (tertiary/aromatic N) is 4. The van der Waals surface area contributed by atoms with Gasteiger partial charge in [-0.2, -0.15) is 0 Å². The van der Waals surface area contributed by atoms with Gasteiger partial charge in [0.15, 0.2) is 0 Å². The zero-order valence-corrected chi connectivity index (χ0v) is 15.7. The Bertz CT molecular complexity index is 989. The Morgan fingerprint density at radius 2 is 2.07 bits per heavy atom. The van der Waals surface area contributed by atoms with E-state index >= 15 is 0 Å². The summed E-state index contributed by atoms with van der Waals surface area (Å²) in [4.78, 5) is 23.2. The third-order valence-electron chi connectivity index (χ3n) is 4.77. The van der Waals surface area contributed by atoms with Crippen molar-refractivity contribution in [1.82, 2.24) is 14.5 Å². The van der Waals surface area contributed by atoms with Gasteiger partial charge in [0.25, 0.3) is 0 Å². The van der Waals surface area contributed by atoms with Crippen molar-refractivity contribution in [2.75, 3.05) is 33.4 Å². The number of carbonyl (C=O) groups excluding carboxylic acids is 1. The van der Waals surface area contributed by atoms with Gasteiger partial charge in [-0.3, -0.25) is 9.79 Å². The van der Waals surface area contributed by atoms with Crippen molar-refractivity contribution in [3.8, 4) is 5.88 Å². The lowest BCUT2D eigenvalue weighted by atomic mass is 10.2. The number of methoxy groups -OCH3 is 1. The second-order valence-electron chi connectivity index (χ2n) is 6.54. The number of benzene rings is 1. The van der Waals surface area contributed by atoms with Gasteiger partial charge in [0.1, 0.15) is 6.54 Å². The Morgan fingerprint density at radius 1 is 1.25 bits per heavy atom. The molecule has 1 aliphatic rings. The van der Waals surface area contributed by atoms with E-state index in [-0.39, 0.29) is 5.91 Å². The largest absolute Gasteiger partial charge is 0.481 e. The van der Waals surface area contributed by atoms with Gasteiger partial charge >= 0.3 is 0 Å². The summed E-state index contributed by atoms with van der Waals surface area (Å²) in [5.41, 5.74) is 2.71. The molecule has 0 radical (unpaired) electrons. The summed E-state index contributed by atoms with van der Waals surface area (Å²) in [6.45, 7) is 2.81. The van der Waals surface area contributed by atoms with Crippen LogP contribution in [0.15, 0.2) is 53.8 Å². The number of hydrogen-bond acceptors (Lipinski definition) is 5. The summed E-state index contributed by atoms with van der Waals surface area (Å²) >= 11 is 0. The molecule has 0 saturated carbocycles. The number of aromatic nitrogens is 2. The molecule has 4 rings (SSSR count). The van der Waals surface area contributed by atoms with Crippen molar-refractivity contribution >= 4 is 28.7 Å². The molecule has 1 aromatic carbocycles. The number of fused-ring (bicyclic) bond motifs is 1. The van der Waals surface area contributed by atoms with Crippen molar-refractivity contribution in [2.24, 2.45) is 4.99 Å². The first-order chi connectivity index (χ1) is 13.7. The summed E-state index contributed by atoms with van der Waals surface area (Å²) < 4.78 is 12.4. The second-order valence-corrected chi connectivity index (χ2v) is 6.54. The molecule has 1 amide bonds. The van der Waals surface area contributed by atoms with Gasteiger partial charge in [-0.25, -0.2) is 4.98 Å². The molecule has 144 valence electrons. The SMILES string of the molecule is COc1ccc(N=Cc2cn(CC(=O)N3CCOCC3)c3ccccc23)cn1. The fourth-order valence-corrected chi connectivity index (χ4v) is 3.28. The van der Waals surface area contributed by atoms with E-state index in [0.29, 0.717) is 38.7 Å². The quantitative estimate of drug-likeness (QED) is 0.640. The average Bonchev–Trinajstić information content (AvgIpc) is 3.11. The highest BCUT2D eigenvalue weighted by atomic mass is 16.5. The second kappa shape index (κ2) is 8.22. The van der Waals surface area contributed by atoms with Crippen molar-refractivity contribution in [3.63, 3.8) is 0 Å². The summed E-state index contributed by atoms with van der Waals surface area (Å²) in [5, 5.41) is 1.06. The molecule has 0 atom stereocenters. The first-order valence-electron chi connectivity index (χ1n) is 9.22. The molecule has 0 bridgehead atoms. The molecular weight excluding hydrogens is 356 g/mol. The van der Waals surface area contributed by atoms with E-state index in [9.17, 15) is 4.79 Å². The van der Waals surface area contributed by atoms with Gasteiger partial charge in [-0.15, -0.1) is 0 Å². The fraction of sp³-hybridized carbons (Fsp3) is 0.286. The standard InChI is InChI=1S/C21H22N4O3/c1-27-20-7-6-17(13-23-20)22-12-16-14-25(19-5-3-2-4-18(16)19)15-21(26)24-8-10-28-11-9-24/h2-7,12-14H,8-11,15H2,1H3. The normalized spacial score (nSPS) is 14.7. The number of morpholine rings is 1. The van der Waals surface area contributed by atoms with Crippen LogP contribution in [0.2, 0.25) is 0 Å². The topological polar surface area (TPSA) is 69.0 Å². The molecule has 0 unspecified atom stereocenters. The number of para-hydroxylation sites is 1. The van der Waals surface area contributed by atoms with Gasteiger partial charge in [-0.05, 0) is 12.1 Å². The summed E-state index contributed by atoms with van der Waals surface area (Å²) in [7, 11) is 1.58. The van der Waals surface area contributed by atoms with Crippen LogP contribution in [0.4, 0.5) is 5.69 Å². The molecular formula is C21H22N4O3. The lowest BCUT2D eigenvalue weighted by molar-refractivity contribution is -0.135. The van der Waals surface area contributed by atoms with E-state index in [4.69, 9.17) is 9.47 Å². The van der Waals surface area contributed by atoms with Crippen LogP contribution in [-0.4, -0.2) is 60.0 Å². The van der Waals surface area contributed by atoms with Crippen LogP contribution < -0.4 is 4.74 Å². The molecule has 1 aliphatic heterocycles. The van der Waals surface area contributed by atoms with Gasteiger partial charge in [0, 0.05) is 48.0 Å². The van der Waals surface area contributed by atoms with Crippen molar-refractivity contribution in [2.45, 2.75) is 6.54 Å². The minimum Gasteiger partial charge on any atom is -0.481 e. The Hall–Kier alpha value is -3.19. The Morgan fingerprint density at radius 3 is 2.82 bits per heavy atom. The van der Waals surface area contributed by atoms with Crippen LogP contribution >= 0.6 is 0 Å². The van der Waals surface area contributed by atoms with E-state index in [0.717, 1.165) is 22.2 Å². The monoisotopic (exact) mass is 378 g/mol. The number of rotatable bonds is 5. The van der Waals surface area contributed by atoms with Crippen LogP contribution in [0.1, 0.15) is 5.56 Å². The summed E-state index contributed by atoms with van der Waals surface area (Å²) in [6, 6.07) is 11.7. The molecule has 0 N–H and O–H groups in total. The van der Waals surface area contributed by atoms with Gasteiger partial charge in [0.05, 0.1) is 32.2 Å².